The van der Waals surface area contributed by atoms with E-state index in [1.54, 1.807) is 0 Å². The van der Waals surface area contributed by atoms with E-state index in [-0.39, 0.29) is 24.4 Å². The van der Waals surface area contributed by atoms with Gasteiger partial charge in [0, 0.05) is 0 Å². The van der Waals surface area contributed by atoms with Crippen molar-refractivity contribution in [2.45, 2.75) is 58.8 Å². The van der Waals surface area contributed by atoms with E-state index in [0.29, 0.717) is 6.61 Å². The Bertz CT molecular complexity index is 255. The molecular weight excluding hydrogens is 203 g/mol. The van der Waals surface area contributed by atoms with Crippen LogP contribution in [-0.4, -0.2) is 31.0 Å². The van der Waals surface area contributed by atoms with Crippen molar-refractivity contribution in [1.82, 2.24) is 0 Å². The Labute approximate surface area is 99.3 Å². The van der Waals surface area contributed by atoms with Crippen molar-refractivity contribution in [3.63, 3.8) is 0 Å². The van der Waals surface area contributed by atoms with Crippen LogP contribution in [-0.2, 0) is 14.0 Å². The zero-order valence-corrected chi connectivity index (χ0v) is 11.3. The first kappa shape index (κ1) is 13.7. The number of hydrogen-bond acceptors (Lipinski definition) is 3. The molecule has 1 aliphatic rings. The van der Waals surface area contributed by atoms with E-state index in [0.717, 1.165) is 5.47 Å². The lowest BCUT2D eigenvalue weighted by Gasteiger charge is -2.32. The number of hydrogen-bond donors (Lipinski definition) is 0. The molecule has 0 aromatic carbocycles. The van der Waals surface area contributed by atoms with Gasteiger partial charge in [0.1, 0.15) is 0 Å². The Morgan fingerprint density at radius 1 is 1.19 bits per heavy atom. The van der Waals surface area contributed by atoms with Crippen molar-refractivity contribution in [3.8, 4) is 0 Å². The zero-order valence-electron chi connectivity index (χ0n) is 11.3. The first-order valence-electron chi connectivity index (χ1n) is 5.80. The van der Waals surface area contributed by atoms with Crippen LogP contribution in [0.3, 0.4) is 0 Å². The Morgan fingerprint density at radius 3 is 2.00 bits per heavy atom. The summed E-state index contributed by atoms with van der Waals surface area (Å²) in [4.78, 5) is 0. The van der Waals surface area contributed by atoms with Gasteiger partial charge in [-0.05, 0) is 47.0 Å². The molecule has 3 nitrogen and oxygen atoms in total. The van der Waals surface area contributed by atoms with Crippen LogP contribution in [0, 0.1) is 0 Å². The monoisotopic (exact) mass is 226 g/mol. The third kappa shape index (κ3) is 2.87. The van der Waals surface area contributed by atoms with Crippen LogP contribution in [0.15, 0.2) is 12.1 Å². The molecule has 1 heterocycles. The van der Waals surface area contributed by atoms with Gasteiger partial charge in [0.15, 0.2) is 0 Å². The molecule has 0 bridgehead atoms. The molecule has 1 fully saturated rings. The van der Waals surface area contributed by atoms with Crippen molar-refractivity contribution in [2.75, 3.05) is 6.61 Å². The topological polar surface area (TPSA) is 27.7 Å². The van der Waals surface area contributed by atoms with Crippen LogP contribution < -0.4 is 0 Å². The fraction of sp³-hybridized carbons (Fsp3) is 0.833. The molecule has 0 amide bonds. The van der Waals surface area contributed by atoms with Crippen LogP contribution in [0.5, 0.6) is 0 Å². The van der Waals surface area contributed by atoms with Gasteiger partial charge in [0.05, 0.1) is 23.9 Å². The molecule has 0 aliphatic carbocycles. The van der Waals surface area contributed by atoms with Crippen LogP contribution in [0.1, 0.15) is 41.5 Å². The Kier molecular flexibility index (Phi) is 3.88. The van der Waals surface area contributed by atoms with Crippen molar-refractivity contribution < 1.29 is 14.0 Å². The standard InChI is InChI=1S/C12H23BO3/c1-9(2)14-8-10(3)13-15-11(4,5)12(6,7)16-13/h9H,3,8H2,1-2,4-7H3. The molecule has 0 aromatic heterocycles. The van der Waals surface area contributed by atoms with Gasteiger partial charge >= 0.3 is 7.12 Å². The summed E-state index contributed by atoms with van der Waals surface area (Å²) >= 11 is 0. The molecule has 1 aliphatic heterocycles. The van der Waals surface area contributed by atoms with Crippen molar-refractivity contribution in [1.29, 1.82) is 0 Å². The average Bonchev–Trinajstić information content (AvgIpc) is 2.32. The molecule has 16 heavy (non-hydrogen) atoms. The molecule has 0 N–H and O–H groups in total. The number of ether oxygens (including phenoxy) is 1. The zero-order chi connectivity index (χ0) is 12.6. The predicted octanol–water partition coefficient (Wildman–Crippen LogP) is 2.60. The molecule has 0 radical (unpaired) electrons. The molecule has 0 unspecified atom stereocenters. The average molecular weight is 226 g/mol. The summed E-state index contributed by atoms with van der Waals surface area (Å²) in [7, 11) is -0.358. The van der Waals surface area contributed by atoms with E-state index in [1.807, 2.05) is 41.5 Å². The molecule has 0 aromatic rings. The first-order chi connectivity index (χ1) is 7.16. The van der Waals surface area contributed by atoms with Crippen molar-refractivity contribution in [3.05, 3.63) is 12.1 Å². The minimum atomic E-state index is -0.358. The first-order valence-corrected chi connectivity index (χ1v) is 5.80. The third-order valence-electron chi connectivity index (χ3n) is 3.19. The summed E-state index contributed by atoms with van der Waals surface area (Å²) in [5.41, 5.74) is 0.226. The largest absolute Gasteiger partial charge is 0.492 e. The summed E-state index contributed by atoms with van der Waals surface area (Å²) in [5.74, 6) is 0. The maximum Gasteiger partial charge on any atom is 0.492 e. The van der Waals surface area contributed by atoms with Crippen LogP contribution in [0.25, 0.3) is 0 Å². The van der Waals surface area contributed by atoms with E-state index in [9.17, 15) is 0 Å². The molecule has 1 saturated heterocycles. The second-order valence-corrected chi connectivity index (χ2v) is 5.61. The molecule has 1 rings (SSSR count). The Morgan fingerprint density at radius 2 is 1.62 bits per heavy atom. The third-order valence-corrected chi connectivity index (χ3v) is 3.19. The fourth-order valence-electron chi connectivity index (χ4n) is 1.35. The van der Waals surface area contributed by atoms with Gasteiger partial charge in [-0.2, -0.15) is 0 Å². The van der Waals surface area contributed by atoms with E-state index >= 15 is 0 Å². The normalized spacial score (nSPS) is 22.8. The summed E-state index contributed by atoms with van der Waals surface area (Å²) < 4.78 is 17.2. The van der Waals surface area contributed by atoms with Gasteiger partial charge in [0.2, 0.25) is 0 Å². The lowest BCUT2D eigenvalue weighted by Crippen LogP contribution is -2.41. The Hall–Kier alpha value is -0.315. The minimum Gasteiger partial charge on any atom is -0.400 e. The minimum absolute atomic E-state index is 0.194. The summed E-state index contributed by atoms with van der Waals surface area (Å²) in [6.45, 7) is 16.6. The SMILES string of the molecule is C=C(COC(C)C)B1OC(C)(C)C(C)(C)O1. The van der Waals surface area contributed by atoms with Gasteiger partial charge in [0.25, 0.3) is 0 Å². The smallest absolute Gasteiger partial charge is 0.400 e. The highest BCUT2D eigenvalue weighted by molar-refractivity contribution is 6.54. The van der Waals surface area contributed by atoms with Crippen LogP contribution >= 0.6 is 0 Å². The van der Waals surface area contributed by atoms with E-state index in [4.69, 9.17) is 14.0 Å². The molecule has 0 atom stereocenters. The van der Waals surface area contributed by atoms with Crippen LogP contribution in [0.2, 0.25) is 0 Å². The molecule has 0 spiro atoms. The molecule has 4 heteroatoms. The second kappa shape index (κ2) is 4.51. The highest BCUT2D eigenvalue weighted by Crippen LogP contribution is 2.38. The Balaban J connectivity index is 2.56. The predicted molar refractivity (Wildman–Crippen MR) is 66.3 cm³/mol. The quantitative estimate of drug-likeness (QED) is 0.689. The van der Waals surface area contributed by atoms with Gasteiger partial charge < -0.3 is 14.0 Å². The lowest BCUT2D eigenvalue weighted by atomic mass is 9.80. The summed E-state index contributed by atoms with van der Waals surface area (Å²) in [5, 5.41) is 0. The lowest BCUT2D eigenvalue weighted by molar-refractivity contribution is 0.00578. The highest BCUT2D eigenvalue weighted by Gasteiger charge is 2.51. The highest BCUT2D eigenvalue weighted by atomic mass is 16.7. The molecule has 92 valence electrons. The fourth-order valence-corrected chi connectivity index (χ4v) is 1.35. The van der Waals surface area contributed by atoms with Crippen molar-refractivity contribution >= 4 is 7.12 Å². The van der Waals surface area contributed by atoms with Gasteiger partial charge in [-0.1, -0.05) is 0 Å². The van der Waals surface area contributed by atoms with E-state index in [2.05, 4.69) is 6.58 Å². The maximum absolute atomic E-state index is 5.86. The summed E-state index contributed by atoms with van der Waals surface area (Å²) in [6.07, 6.45) is 0.194. The van der Waals surface area contributed by atoms with Gasteiger partial charge in [-0.25, -0.2) is 0 Å². The molecular formula is C12H23BO3. The number of rotatable bonds is 4. The summed E-state index contributed by atoms with van der Waals surface area (Å²) in [6, 6.07) is 0. The maximum atomic E-state index is 5.86. The molecule has 0 saturated carbocycles. The second-order valence-electron chi connectivity index (χ2n) is 5.61. The van der Waals surface area contributed by atoms with Crippen molar-refractivity contribution in [2.24, 2.45) is 0 Å². The van der Waals surface area contributed by atoms with E-state index in [1.165, 1.54) is 0 Å². The van der Waals surface area contributed by atoms with E-state index < -0.39 is 0 Å². The van der Waals surface area contributed by atoms with Gasteiger partial charge in [-0.15, -0.1) is 6.58 Å². The van der Waals surface area contributed by atoms with Gasteiger partial charge in [-0.3, -0.25) is 0 Å². The van der Waals surface area contributed by atoms with Crippen LogP contribution in [0.4, 0.5) is 0 Å².